The minimum absolute atomic E-state index is 0.0642. The number of nitrogens with one attached hydrogen (secondary N) is 1. The first-order valence-electron chi connectivity index (χ1n) is 7.77. The van der Waals surface area contributed by atoms with E-state index in [0.717, 1.165) is 17.3 Å². The molecule has 0 radical (unpaired) electrons. The molecule has 0 amide bonds. The highest BCUT2D eigenvalue weighted by Crippen LogP contribution is 2.25. The lowest BCUT2D eigenvalue weighted by atomic mass is 10.2. The van der Waals surface area contributed by atoms with E-state index < -0.39 is 11.6 Å². The molecule has 3 aromatic rings. The minimum Gasteiger partial charge on any atom is -0.340 e. The molecular weight excluding hydrogens is 409 g/mol. The Bertz CT molecular complexity index is 1020. The van der Waals surface area contributed by atoms with Crippen molar-refractivity contribution in [1.82, 2.24) is 15.0 Å². The van der Waals surface area contributed by atoms with Crippen LogP contribution in [0.2, 0.25) is 0 Å². The molecule has 0 saturated heterocycles. The highest BCUT2D eigenvalue weighted by molar-refractivity contribution is 9.10. The SMILES string of the molecule is Fc1cc(CN2Cc3[nH]c(-c4cccc(F)c4F)nc3C=N2)ccc1Br. The van der Waals surface area contributed by atoms with Gasteiger partial charge in [0.25, 0.3) is 0 Å². The number of hydrazone groups is 1. The van der Waals surface area contributed by atoms with Crippen LogP contribution in [0.25, 0.3) is 11.4 Å². The number of aromatic nitrogens is 2. The zero-order valence-corrected chi connectivity index (χ0v) is 14.9. The molecule has 1 aliphatic rings. The van der Waals surface area contributed by atoms with E-state index in [1.54, 1.807) is 23.4 Å². The number of aromatic amines is 1. The molecule has 1 N–H and O–H groups in total. The molecule has 4 nitrogen and oxygen atoms in total. The Morgan fingerprint density at radius 2 is 1.96 bits per heavy atom. The summed E-state index contributed by atoms with van der Waals surface area (Å²) in [6, 6.07) is 8.83. The van der Waals surface area contributed by atoms with Crippen molar-refractivity contribution in [3.8, 4) is 11.4 Å². The summed E-state index contributed by atoms with van der Waals surface area (Å²) in [5.74, 6) is -1.97. The van der Waals surface area contributed by atoms with Crippen molar-refractivity contribution in [2.24, 2.45) is 5.10 Å². The summed E-state index contributed by atoms with van der Waals surface area (Å²) in [7, 11) is 0. The normalized spacial score (nSPS) is 13.2. The third kappa shape index (κ3) is 3.12. The average molecular weight is 421 g/mol. The predicted molar refractivity (Wildman–Crippen MR) is 94.9 cm³/mol. The molecule has 0 fully saturated rings. The lowest BCUT2D eigenvalue weighted by Crippen LogP contribution is -2.21. The molecule has 26 heavy (non-hydrogen) atoms. The quantitative estimate of drug-likeness (QED) is 0.672. The van der Waals surface area contributed by atoms with Crippen LogP contribution in [0.3, 0.4) is 0 Å². The van der Waals surface area contributed by atoms with E-state index in [1.165, 1.54) is 18.2 Å². The van der Waals surface area contributed by atoms with Crippen LogP contribution in [0.1, 0.15) is 17.0 Å². The predicted octanol–water partition coefficient (Wildman–Crippen LogP) is 4.61. The van der Waals surface area contributed by atoms with Gasteiger partial charge in [0.2, 0.25) is 0 Å². The van der Waals surface area contributed by atoms with Crippen molar-refractivity contribution >= 4 is 22.1 Å². The molecule has 1 aromatic heterocycles. The van der Waals surface area contributed by atoms with Gasteiger partial charge in [0.05, 0.1) is 35.0 Å². The van der Waals surface area contributed by atoms with Crippen LogP contribution in [0.4, 0.5) is 13.2 Å². The average Bonchev–Trinajstić information content (AvgIpc) is 3.03. The van der Waals surface area contributed by atoms with Crippen LogP contribution >= 0.6 is 15.9 Å². The van der Waals surface area contributed by atoms with Gasteiger partial charge < -0.3 is 4.98 Å². The number of hydrogen-bond acceptors (Lipinski definition) is 3. The van der Waals surface area contributed by atoms with Crippen molar-refractivity contribution in [3.63, 3.8) is 0 Å². The lowest BCUT2D eigenvalue weighted by molar-refractivity contribution is 0.264. The topological polar surface area (TPSA) is 44.3 Å². The van der Waals surface area contributed by atoms with Gasteiger partial charge in [-0.3, -0.25) is 5.01 Å². The summed E-state index contributed by atoms with van der Waals surface area (Å²) < 4.78 is 41.4. The molecule has 2 aromatic carbocycles. The molecule has 4 rings (SSSR count). The smallest absolute Gasteiger partial charge is 0.169 e. The molecule has 0 spiro atoms. The van der Waals surface area contributed by atoms with Crippen LogP contribution in [0.5, 0.6) is 0 Å². The second-order valence-electron chi connectivity index (χ2n) is 5.87. The van der Waals surface area contributed by atoms with Gasteiger partial charge in [0.1, 0.15) is 17.3 Å². The Kier molecular flexibility index (Phi) is 4.28. The number of benzene rings is 2. The molecule has 0 atom stereocenters. The Balaban J connectivity index is 1.57. The largest absolute Gasteiger partial charge is 0.340 e. The van der Waals surface area contributed by atoms with Crippen LogP contribution in [-0.4, -0.2) is 21.2 Å². The first kappa shape index (κ1) is 16.8. The monoisotopic (exact) mass is 420 g/mol. The first-order chi connectivity index (χ1) is 12.5. The standard InChI is InChI=1S/C18H12BrF3N4/c19-12-5-4-10(6-14(12)21)8-26-9-16-15(7-23-26)24-18(25-16)11-2-1-3-13(20)17(11)22/h1-7H,8-9H2,(H,24,25). The van der Waals surface area contributed by atoms with E-state index in [9.17, 15) is 13.2 Å². The van der Waals surface area contributed by atoms with Crippen LogP contribution in [0, 0.1) is 17.5 Å². The third-order valence-corrected chi connectivity index (χ3v) is 4.69. The molecule has 0 aliphatic carbocycles. The zero-order chi connectivity index (χ0) is 18.3. The Morgan fingerprint density at radius 3 is 2.77 bits per heavy atom. The molecule has 0 unspecified atom stereocenters. The van der Waals surface area contributed by atoms with Gasteiger partial charge in [0, 0.05) is 0 Å². The Labute approximate surface area is 155 Å². The van der Waals surface area contributed by atoms with Crippen LogP contribution in [0.15, 0.2) is 46.0 Å². The summed E-state index contributed by atoms with van der Waals surface area (Å²) in [5.41, 5.74) is 2.13. The molecule has 2 heterocycles. The van der Waals surface area contributed by atoms with Crippen molar-refractivity contribution in [1.29, 1.82) is 0 Å². The third-order valence-electron chi connectivity index (χ3n) is 4.05. The number of hydrogen-bond donors (Lipinski definition) is 1. The van der Waals surface area contributed by atoms with Gasteiger partial charge in [-0.15, -0.1) is 0 Å². The maximum Gasteiger partial charge on any atom is 0.169 e. The first-order valence-corrected chi connectivity index (χ1v) is 8.56. The number of fused-ring (bicyclic) bond motifs is 1. The van der Waals surface area contributed by atoms with E-state index >= 15 is 0 Å². The van der Waals surface area contributed by atoms with E-state index in [1.807, 2.05) is 0 Å². The van der Waals surface area contributed by atoms with Crippen LogP contribution in [-0.2, 0) is 13.1 Å². The van der Waals surface area contributed by atoms with E-state index in [2.05, 4.69) is 31.0 Å². The maximum absolute atomic E-state index is 14.0. The van der Waals surface area contributed by atoms with Gasteiger partial charge in [-0.2, -0.15) is 5.10 Å². The zero-order valence-electron chi connectivity index (χ0n) is 13.3. The Morgan fingerprint density at radius 1 is 1.12 bits per heavy atom. The molecule has 0 saturated carbocycles. The number of rotatable bonds is 3. The highest BCUT2D eigenvalue weighted by Gasteiger charge is 2.20. The minimum atomic E-state index is -0.947. The summed E-state index contributed by atoms with van der Waals surface area (Å²) in [6.45, 7) is 0.802. The number of H-pyrrole nitrogens is 1. The van der Waals surface area contributed by atoms with Gasteiger partial charge in [-0.25, -0.2) is 18.2 Å². The second-order valence-corrected chi connectivity index (χ2v) is 6.72. The van der Waals surface area contributed by atoms with E-state index in [4.69, 9.17) is 0 Å². The van der Waals surface area contributed by atoms with Gasteiger partial charge >= 0.3 is 0 Å². The number of imidazole rings is 1. The van der Waals surface area contributed by atoms with Crippen LogP contribution < -0.4 is 0 Å². The van der Waals surface area contributed by atoms with E-state index in [0.29, 0.717) is 23.3 Å². The summed E-state index contributed by atoms with van der Waals surface area (Å²) in [4.78, 5) is 7.31. The molecule has 132 valence electrons. The maximum atomic E-state index is 14.0. The fraction of sp³-hybridized carbons (Fsp3) is 0.111. The summed E-state index contributed by atoms with van der Waals surface area (Å²) in [5, 5.41) is 6.02. The Hall–Kier alpha value is -2.61. The summed E-state index contributed by atoms with van der Waals surface area (Å²) in [6.07, 6.45) is 1.55. The molecular formula is C18H12BrF3N4. The second kappa shape index (κ2) is 6.60. The van der Waals surface area contributed by atoms with Crippen molar-refractivity contribution < 1.29 is 13.2 Å². The van der Waals surface area contributed by atoms with Crippen molar-refractivity contribution in [3.05, 3.63) is 75.3 Å². The highest BCUT2D eigenvalue weighted by atomic mass is 79.9. The summed E-state index contributed by atoms with van der Waals surface area (Å²) >= 11 is 3.12. The number of halogens is 4. The van der Waals surface area contributed by atoms with E-state index in [-0.39, 0.29) is 17.2 Å². The number of nitrogens with zero attached hydrogens (tertiary/aromatic N) is 3. The van der Waals surface area contributed by atoms with Crippen molar-refractivity contribution in [2.75, 3.05) is 0 Å². The fourth-order valence-corrected chi connectivity index (χ4v) is 3.02. The van der Waals surface area contributed by atoms with Crippen molar-refractivity contribution in [2.45, 2.75) is 13.1 Å². The molecule has 1 aliphatic heterocycles. The molecule has 8 heteroatoms. The van der Waals surface area contributed by atoms with Gasteiger partial charge in [-0.1, -0.05) is 12.1 Å². The lowest BCUT2D eigenvalue weighted by Gasteiger charge is -2.21. The van der Waals surface area contributed by atoms with Gasteiger partial charge in [0.15, 0.2) is 11.6 Å². The fourth-order valence-electron chi connectivity index (χ4n) is 2.77. The molecule has 0 bridgehead atoms. The van der Waals surface area contributed by atoms with Gasteiger partial charge in [-0.05, 0) is 45.8 Å².